The van der Waals surface area contributed by atoms with E-state index >= 15 is 0 Å². The second-order valence-electron chi connectivity index (χ2n) is 2.61. The lowest BCUT2D eigenvalue weighted by Crippen LogP contribution is -1.96. The van der Waals surface area contributed by atoms with E-state index in [1.807, 2.05) is 13.8 Å². The van der Waals surface area contributed by atoms with Gasteiger partial charge in [-0.1, -0.05) is 15.9 Å². The molecule has 0 N–H and O–H groups in total. The largest absolute Gasteiger partial charge is 0.508 e. The summed E-state index contributed by atoms with van der Waals surface area (Å²) in [5, 5.41) is 0.984. The Morgan fingerprint density at radius 2 is 2.09 bits per heavy atom. The predicted octanol–water partition coefficient (Wildman–Crippen LogP) is 3.33. The smallest absolute Gasteiger partial charge is 0.144 e. The van der Waals surface area contributed by atoms with Crippen LogP contribution in [0.15, 0.2) is 0 Å². The maximum atomic E-state index is 11.0. The van der Waals surface area contributed by atoms with Crippen LogP contribution in [-0.2, 0) is 9.09 Å². The average Bonchev–Trinajstić information content (AvgIpc) is 1.86. The standard InChI is InChI=1S/C7H15BrO2P/c1-7(2)10-11(9)6-4-3-5-8/h7H,3-6H2,1-2H3/q+1. The van der Waals surface area contributed by atoms with Gasteiger partial charge < -0.3 is 0 Å². The van der Waals surface area contributed by atoms with Crippen LogP contribution in [0.2, 0.25) is 0 Å². The normalized spacial score (nSPS) is 12.2. The van der Waals surface area contributed by atoms with E-state index in [0.29, 0.717) is 6.16 Å². The molecule has 0 spiro atoms. The number of halogens is 1. The van der Waals surface area contributed by atoms with Gasteiger partial charge in [0.2, 0.25) is 0 Å². The molecule has 0 aliphatic heterocycles. The van der Waals surface area contributed by atoms with Gasteiger partial charge in [0.1, 0.15) is 6.10 Å². The van der Waals surface area contributed by atoms with E-state index in [4.69, 9.17) is 4.52 Å². The van der Waals surface area contributed by atoms with E-state index in [1.54, 1.807) is 0 Å². The lowest BCUT2D eigenvalue weighted by atomic mass is 10.4. The molecule has 2 nitrogen and oxygen atoms in total. The van der Waals surface area contributed by atoms with E-state index in [0.717, 1.165) is 18.2 Å². The number of hydrogen-bond acceptors (Lipinski definition) is 2. The van der Waals surface area contributed by atoms with Crippen molar-refractivity contribution in [1.29, 1.82) is 0 Å². The number of rotatable bonds is 6. The summed E-state index contributed by atoms with van der Waals surface area (Å²) in [6.07, 6.45) is 2.83. The maximum Gasteiger partial charge on any atom is 0.508 e. The molecule has 0 amide bonds. The van der Waals surface area contributed by atoms with Gasteiger partial charge in [-0.05, 0) is 31.3 Å². The molecule has 0 saturated heterocycles. The summed E-state index contributed by atoms with van der Waals surface area (Å²) in [5.41, 5.74) is 0. The minimum absolute atomic E-state index is 0.0857. The predicted molar refractivity (Wildman–Crippen MR) is 51.7 cm³/mol. The molecule has 0 fully saturated rings. The van der Waals surface area contributed by atoms with Crippen molar-refractivity contribution in [1.82, 2.24) is 0 Å². The van der Waals surface area contributed by atoms with E-state index in [2.05, 4.69) is 15.9 Å². The second-order valence-corrected chi connectivity index (χ2v) is 4.72. The van der Waals surface area contributed by atoms with Crippen molar-refractivity contribution in [2.75, 3.05) is 11.5 Å². The quantitative estimate of drug-likeness (QED) is 0.405. The summed E-state index contributed by atoms with van der Waals surface area (Å²) in [7, 11) is -1.40. The monoisotopic (exact) mass is 241 g/mol. The van der Waals surface area contributed by atoms with Gasteiger partial charge in [-0.2, -0.15) is 0 Å². The third-order valence-electron chi connectivity index (χ3n) is 1.05. The van der Waals surface area contributed by atoms with Crippen molar-refractivity contribution < 1.29 is 9.09 Å². The van der Waals surface area contributed by atoms with E-state index in [9.17, 15) is 4.57 Å². The fourth-order valence-corrected chi connectivity index (χ4v) is 2.08. The highest BCUT2D eigenvalue weighted by Gasteiger charge is 2.17. The summed E-state index contributed by atoms with van der Waals surface area (Å²) in [5.74, 6) is 0. The van der Waals surface area contributed by atoms with Crippen LogP contribution < -0.4 is 0 Å². The second kappa shape index (κ2) is 7.20. The first-order valence-corrected chi connectivity index (χ1v) is 6.32. The number of hydrogen-bond donors (Lipinski definition) is 0. The Bertz CT molecular complexity index is 117. The molecule has 0 aromatic carbocycles. The Hall–Kier alpha value is 0.540. The lowest BCUT2D eigenvalue weighted by molar-refractivity contribution is 0.256. The van der Waals surface area contributed by atoms with Crippen molar-refractivity contribution in [3.8, 4) is 0 Å². The molecule has 66 valence electrons. The molecule has 0 radical (unpaired) electrons. The van der Waals surface area contributed by atoms with Crippen LogP contribution >= 0.6 is 24.0 Å². The maximum absolute atomic E-state index is 11.0. The molecular formula is C7H15BrO2P+. The van der Waals surface area contributed by atoms with E-state index in [1.165, 1.54) is 0 Å². The average molecular weight is 242 g/mol. The van der Waals surface area contributed by atoms with Gasteiger partial charge in [-0.25, -0.2) is 0 Å². The number of alkyl halides is 1. The van der Waals surface area contributed by atoms with Gasteiger partial charge in [0.25, 0.3) is 0 Å². The fraction of sp³-hybridized carbons (Fsp3) is 1.00. The molecule has 0 heterocycles. The third kappa shape index (κ3) is 8.45. The molecule has 0 rings (SSSR count). The van der Waals surface area contributed by atoms with Crippen LogP contribution in [-0.4, -0.2) is 17.6 Å². The van der Waals surface area contributed by atoms with Gasteiger partial charge in [-0.3, -0.25) is 0 Å². The third-order valence-corrected chi connectivity index (χ3v) is 2.95. The van der Waals surface area contributed by atoms with Crippen molar-refractivity contribution in [3.05, 3.63) is 0 Å². The van der Waals surface area contributed by atoms with Gasteiger partial charge in [0.05, 0.1) is 0 Å². The van der Waals surface area contributed by atoms with Crippen molar-refractivity contribution >= 4 is 24.0 Å². The molecule has 0 aromatic rings. The zero-order chi connectivity index (χ0) is 8.69. The molecule has 0 saturated carbocycles. The minimum Gasteiger partial charge on any atom is -0.144 e. The lowest BCUT2D eigenvalue weighted by Gasteiger charge is -1.93. The molecule has 0 bridgehead atoms. The van der Waals surface area contributed by atoms with Crippen LogP contribution in [0, 0.1) is 0 Å². The van der Waals surface area contributed by atoms with Crippen molar-refractivity contribution in [2.24, 2.45) is 0 Å². The highest BCUT2D eigenvalue weighted by molar-refractivity contribution is 9.09. The summed E-state index contributed by atoms with van der Waals surface area (Å²) >= 11 is 3.31. The molecule has 0 aromatic heterocycles. The summed E-state index contributed by atoms with van der Waals surface area (Å²) in [6, 6.07) is 0. The Morgan fingerprint density at radius 3 is 2.55 bits per heavy atom. The van der Waals surface area contributed by atoms with Crippen molar-refractivity contribution in [3.63, 3.8) is 0 Å². The summed E-state index contributed by atoms with van der Waals surface area (Å²) < 4.78 is 16.1. The highest BCUT2D eigenvalue weighted by atomic mass is 79.9. The highest BCUT2D eigenvalue weighted by Crippen LogP contribution is 2.25. The Labute approximate surface area is 77.7 Å². The van der Waals surface area contributed by atoms with Gasteiger partial charge in [-0.15, -0.1) is 4.52 Å². The van der Waals surface area contributed by atoms with E-state index in [-0.39, 0.29) is 6.10 Å². The van der Waals surface area contributed by atoms with Crippen molar-refractivity contribution in [2.45, 2.75) is 32.8 Å². The molecule has 0 aliphatic carbocycles. The van der Waals surface area contributed by atoms with Crippen LogP contribution in [0.25, 0.3) is 0 Å². The first kappa shape index (κ1) is 11.5. The molecule has 4 heteroatoms. The van der Waals surface area contributed by atoms with Crippen LogP contribution in [0.5, 0.6) is 0 Å². The molecule has 0 aliphatic rings. The van der Waals surface area contributed by atoms with E-state index < -0.39 is 8.03 Å². The van der Waals surface area contributed by atoms with Crippen LogP contribution in [0.4, 0.5) is 0 Å². The SMILES string of the molecule is CC(C)O[P+](=O)CCCCBr. The zero-order valence-corrected chi connectivity index (χ0v) is 9.53. The summed E-state index contributed by atoms with van der Waals surface area (Å²) in [6.45, 7) is 3.80. The van der Waals surface area contributed by atoms with Gasteiger partial charge in [0.15, 0.2) is 6.16 Å². The Balaban J connectivity index is 3.23. The molecular weight excluding hydrogens is 227 g/mol. The van der Waals surface area contributed by atoms with Crippen LogP contribution in [0.3, 0.4) is 0 Å². The Kier molecular flexibility index (Phi) is 7.56. The first-order valence-electron chi connectivity index (χ1n) is 3.84. The molecule has 1 unspecified atom stereocenters. The minimum atomic E-state index is -1.40. The van der Waals surface area contributed by atoms with Crippen LogP contribution in [0.1, 0.15) is 26.7 Å². The summed E-state index contributed by atoms with van der Waals surface area (Å²) in [4.78, 5) is 0. The van der Waals surface area contributed by atoms with Gasteiger partial charge >= 0.3 is 8.03 Å². The number of unbranched alkanes of at least 4 members (excludes halogenated alkanes) is 1. The van der Waals surface area contributed by atoms with Gasteiger partial charge in [0, 0.05) is 5.33 Å². The topological polar surface area (TPSA) is 26.3 Å². The molecule has 1 atom stereocenters. The Morgan fingerprint density at radius 1 is 1.45 bits per heavy atom. The first-order chi connectivity index (χ1) is 5.16. The zero-order valence-electron chi connectivity index (χ0n) is 7.05. The molecule has 11 heavy (non-hydrogen) atoms. The fourth-order valence-electron chi connectivity index (χ4n) is 0.623.